The summed E-state index contributed by atoms with van der Waals surface area (Å²) < 4.78 is 1.84. The Morgan fingerprint density at radius 1 is 1.38 bits per heavy atom. The van der Waals surface area contributed by atoms with Gasteiger partial charge >= 0.3 is 0 Å². The number of thiophene rings is 1. The average Bonchev–Trinajstić information content (AvgIpc) is 2.96. The van der Waals surface area contributed by atoms with E-state index in [4.69, 9.17) is 0 Å². The minimum absolute atomic E-state index is 0.172. The third-order valence-electron chi connectivity index (χ3n) is 2.16. The number of fused-ring (bicyclic) bond motifs is 1. The van der Waals surface area contributed by atoms with Crippen LogP contribution in [0.15, 0.2) is 30.0 Å². The molecular weight excluding hydrogens is 224 g/mol. The standard InChI is InChI=1S/C10H6N4OS/c15-5-8-11-4-7-10(13-8)14(6-12-7)9-2-1-3-16-9/h1-6H. The maximum absolute atomic E-state index is 10.6. The lowest BCUT2D eigenvalue weighted by Gasteiger charge is -1.98. The van der Waals surface area contributed by atoms with E-state index in [1.54, 1.807) is 23.9 Å². The topological polar surface area (TPSA) is 60.7 Å². The molecule has 0 radical (unpaired) electrons. The van der Waals surface area contributed by atoms with E-state index in [1.807, 2.05) is 22.1 Å². The van der Waals surface area contributed by atoms with Crippen LogP contribution >= 0.6 is 11.3 Å². The summed E-state index contributed by atoms with van der Waals surface area (Å²) >= 11 is 1.58. The molecular formula is C10H6N4OS. The normalized spacial score (nSPS) is 10.8. The van der Waals surface area contributed by atoms with Crippen molar-refractivity contribution in [3.63, 3.8) is 0 Å². The fourth-order valence-corrected chi connectivity index (χ4v) is 2.15. The first kappa shape index (κ1) is 9.17. The number of nitrogens with zero attached hydrogens (tertiary/aromatic N) is 4. The van der Waals surface area contributed by atoms with Gasteiger partial charge < -0.3 is 0 Å². The highest BCUT2D eigenvalue weighted by Crippen LogP contribution is 2.19. The van der Waals surface area contributed by atoms with E-state index in [2.05, 4.69) is 15.0 Å². The number of carbonyl (C=O) groups excluding carboxylic acids is 1. The Labute approximate surface area is 94.4 Å². The summed E-state index contributed by atoms with van der Waals surface area (Å²) in [5.74, 6) is 0.172. The van der Waals surface area contributed by atoms with Gasteiger partial charge in [0.1, 0.15) is 16.8 Å². The lowest BCUT2D eigenvalue weighted by Crippen LogP contribution is -1.96. The maximum atomic E-state index is 10.6. The van der Waals surface area contributed by atoms with E-state index >= 15 is 0 Å². The fourth-order valence-electron chi connectivity index (χ4n) is 1.45. The molecule has 3 aromatic heterocycles. The van der Waals surface area contributed by atoms with Crippen LogP contribution in [-0.4, -0.2) is 25.8 Å². The van der Waals surface area contributed by atoms with Crippen molar-refractivity contribution in [1.82, 2.24) is 19.5 Å². The van der Waals surface area contributed by atoms with E-state index in [0.717, 1.165) is 5.00 Å². The molecule has 0 saturated heterocycles. The van der Waals surface area contributed by atoms with Gasteiger partial charge in [-0.1, -0.05) is 0 Å². The van der Waals surface area contributed by atoms with E-state index in [1.165, 1.54) is 0 Å². The molecule has 5 nitrogen and oxygen atoms in total. The lowest BCUT2D eigenvalue weighted by molar-refractivity contribution is 0.111. The van der Waals surface area contributed by atoms with Crippen molar-refractivity contribution in [1.29, 1.82) is 0 Å². The Balaban J connectivity index is 2.29. The summed E-state index contributed by atoms with van der Waals surface area (Å²) in [6, 6.07) is 3.92. The van der Waals surface area contributed by atoms with Gasteiger partial charge in [-0.05, 0) is 17.5 Å². The highest BCUT2D eigenvalue weighted by atomic mass is 32.1. The average molecular weight is 230 g/mol. The summed E-state index contributed by atoms with van der Waals surface area (Å²) in [6.07, 6.45) is 3.86. The summed E-state index contributed by atoms with van der Waals surface area (Å²) in [5.41, 5.74) is 1.33. The molecule has 3 rings (SSSR count). The van der Waals surface area contributed by atoms with E-state index in [9.17, 15) is 4.79 Å². The van der Waals surface area contributed by atoms with Crippen LogP contribution in [0.5, 0.6) is 0 Å². The second-order valence-corrected chi connectivity index (χ2v) is 4.05. The monoisotopic (exact) mass is 230 g/mol. The second kappa shape index (κ2) is 3.49. The van der Waals surface area contributed by atoms with Gasteiger partial charge in [-0.15, -0.1) is 11.3 Å². The predicted octanol–water partition coefficient (Wildman–Crippen LogP) is 1.69. The smallest absolute Gasteiger partial charge is 0.194 e. The lowest BCUT2D eigenvalue weighted by atomic mass is 10.5. The SMILES string of the molecule is O=Cc1ncc2ncn(-c3cccs3)c2n1. The molecule has 0 fully saturated rings. The molecule has 0 aliphatic rings. The zero-order valence-corrected chi connectivity index (χ0v) is 8.89. The molecule has 78 valence electrons. The number of aldehydes is 1. The molecule has 6 heteroatoms. The van der Waals surface area contributed by atoms with Crippen molar-refractivity contribution in [2.75, 3.05) is 0 Å². The first-order chi connectivity index (χ1) is 7.88. The van der Waals surface area contributed by atoms with Crippen molar-refractivity contribution >= 4 is 28.8 Å². The van der Waals surface area contributed by atoms with Gasteiger partial charge in [0.2, 0.25) is 0 Å². The van der Waals surface area contributed by atoms with Gasteiger partial charge in [0, 0.05) is 0 Å². The minimum Gasteiger partial charge on any atom is -0.294 e. The van der Waals surface area contributed by atoms with Crippen LogP contribution in [0.2, 0.25) is 0 Å². The van der Waals surface area contributed by atoms with Crippen LogP contribution in [0.1, 0.15) is 10.6 Å². The maximum Gasteiger partial charge on any atom is 0.194 e. The molecule has 0 aliphatic carbocycles. The first-order valence-corrected chi connectivity index (χ1v) is 5.45. The number of carbonyl (C=O) groups is 1. The quantitative estimate of drug-likeness (QED) is 0.628. The molecule has 0 saturated carbocycles. The first-order valence-electron chi connectivity index (χ1n) is 4.57. The van der Waals surface area contributed by atoms with E-state index < -0.39 is 0 Å². The van der Waals surface area contributed by atoms with Gasteiger partial charge in [-0.25, -0.2) is 15.0 Å². The van der Waals surface area contributed by atoms with Gasteiger partial charge in [0.15, 0.2) is 17.8 Å². The fraction of sp³-hybridized carbons (Fsp3) is 0. The summed E-state index contributed by atoms with van der Waals surface area (Å²) in [7, 11) is 0. The van der Waals surface area contributed by atoms with Crippen LogP contribution in [-0.2, 0) is 0 Å². The van der Waals surface area contributed by atoms with Crippen molar-refractivity contribution in [2.24, 2.45) is 0 Å². The third kappa shape index (κ3) is 1.31. The van der Waals surface area contributed by atoms with Crippen LogP contribution in [0.4, 0.5) is 0 Å². The largest absolute Gasteiger partial charge is 0.294 e. The van der Waals surface area contributed by atoms with Crippen LogP contribution in [0.25, 0.3) is 16.2 Å². The van der Waals surface area contributed by atoms with Crippen molar-refractivity contribution < 1.29 is 4.79 Å². The Kier molecular flexibility index (Phi) is 2.00. The molecule has 3 heterocycles. The number of imidazole rings is 1. The van der Waals surface area contributed by atoms with Crippen molar-refractivity contribution in [3.05, 3.63) is 35.9 Å². The van der Waals surface area contributed by atoms with Gasteiger partial charge in [-0.2, -0.15) is 0 Å². The minimum atomic E-state index is 0.172. The Hall–Kier alpha value is -2.08. The van der Waals surface area contributed by atoms with Crippen LogP contribution in [0, 0.1) is 0 Å². The predicted molar refractivity (Wildman–Crippen MR) is 59.9 cm³/mol. The summed E-state index contributed by atoms with van der Waals surface area (Å²) in [6.45, 7) is 0. The van der Waals surface area contributed by atoms with Crippen LogP contribution in [0.3, 0.4) is 0 Å². The summed E-state index contributed by atoms with van der Waals surface area (Å²) in [5, 5.41) is 2.99. The second-order valence-electron chi connectivity index (χ2n) is 3.12. The van der Waals surface area contributed by atoms with Crippen molar-refractivity contribution in [3.8, 4) is 5.00 Å². The zero-order chi connectivity index (χ0) is 11.0. The number of hydrogen-bond donors (Lipinski definition) is 0. The molecule has 0 amide bonds. The highest BCUT2D eigenvalue weighted by Gasteiger charge is 2.08. The molecule has 0 aromatic carbocycles. The Morgan fingerprint density at radius 2 is 2.31 bits per heavy atom. The van der Waals surface area contributed by atoms with Gasteiger partial charge in [0.05, 0.1) is 6.20 Å². The molecule has 16 heavy (non-hydrogen) atoms. The Morgan fingerprint density at radius 3 is 3.06 bits per heavy atom. The molecule has 0 spiro atoms. The Bertz CT molecular complexity index is 644. The summed E-state index contributed by atoms with van der Waals surface area (Å²) in [4.78, 5) is 22.8. The molecule has 0 N–H and O–H groups in total. The number of aromatic nitrogens is 4. The van der Waals surface area contributed by atoms with Gasteiger partial charge in [0.25, 0.3) is 0 Å². The van der Waals surface area contributed by atoms with Crippen LogP contribution < -0.4 is 0 Å². The highest BCUT2D eigenvalue weighted by molar-refractivity contribution is 7.12. The number of hydrogen-bond acceptors (Lipinski definition) is 5. The zero-order valence-electron chi connectivity index (χ0n) is 8.07. The number of rotatable bonds is 2. The molecule has 0 aliphatic heterocycles. The van der Waals surface area contributed by atoms with Gasteiger partial charge in [-0.3, -0.25) is 9.36 Å². The molecule has 0 atom stereocenters. The molecule has 0 unspecified atom stereocenters. The van der Waals surface area contributed by atoms with E-state index in [0.29, 0.717) is 17.5 Å². The van der Waals surface area contributed by atoms with E-state index in [-0.39, 0.29) is 5.82 Å². The molecule has 3 aromatic rings. The van der Waals surface area contributed by atoms with Crippen molar-refractivity contribution in [2.45, 2.75) is 0 Å². The third-order valence-corrected chi connectivity index (χ3v) is 3.03. The molecule has 0 bridgehead atoms.